The van der Waals surface area contributed by atoms with Gasteiger partial charge in [0.1, 0.15) is 0 Å². The number of rotatable bonds is 4. The van der Waals surface area contributed by atoms with E-state index in [9.17, 15) is 0 Å². The van der Waals surface area contributed by atoms with Gasteiger partial charge >= 0.3 is 248 Å². The summed E-state index contributed by atoms with van der Waals surface area (Å²) in [5.74, 6) is 0. The molecule has 40 heavy (non-hydrogen) atoms. The SMILES string of the molecule is CCC1=C2c3c(-c4ccccc4)cccc3[CH]1[Zr]([CH3])([CH3])[CH]1C(CC)=C(c3c(-c4ccccc4)cccc31)[Si]2(C)C. The molecule has 0 nitrogen and oxygen atoms in total. The molecule has 0 saturated carbocycles. The number of hydrogen-bond donors (Lipinski definition) is 0. The Labute approximate surface area is 246 Å². The molecule has 2 unspecified atom stereocenters. The molecule has 2 aliphatic carbocycles. The first-order valence-corrected chi connectivity index (χ1v) is 25.9. The van der Waals surface area contributed by atoms with E-state index in [1.165, 1.54) is 35.1 Å². The average Bonchev–Trinajstić information content (AvgIpc) is 3.53. The van der Waals surface area contributed by atoms with E-state index in [1.54, 1.807) is 32.6 Å². The quantitative estimate of drug-likeness (QED) is 0.200. The van der Waals surface area contributed by atoms with E-state index in [4.69, 9.17) is 0 Å². The second-order valence-electron chi connectivity index (χ2n) is 13.1. The van der Waals surface area contributed by atoms with Crippen LogP contribution in [0, 0.1) is 0 Å². The minimum absolute atomic E-state index is 0.638. The molecule has 1 heterocycles. The Bertz CT molecular complexity index is 1580. The van der Waals surface area contributed by atoms with Gasteiger partial charge in [-0.2, -0.15) is 0 Å². The van der Waals surface area contributed by atoms with Crippen molar-refractivity contribution in [1.29, 1.82) is 0 Å². The third-order valence-electron chi connectivity index (χ3n) is 10.3. The summed E-state index contributed by atoms with van der Waals surface area (Å²) >= 11 is -2.94. The molecular weight excluding hydrogens is 576 g/mol. The summed E-state index contributed by atoms with van der Waals surface area (Å²) < 4.78 is 6.86. The third kappa shape index (κ3) is 3.51. The molecule has 0 amide bonds. The molecule has 0 saturated heterocycles. The van der Waals surface area contributed by atoms with Gasteiger partial charge in [-0.1, -0.05) is 0 Å². The van der Waals surface area contributed by atoms with Crippen LogP contribution in [0.4, 0.5) is 0 Å². The minimum atomic E-state index is -2.94. The molecule has 4 aromatic rings. The maximum absolute atomic E-state index is 2.94. The molecule has 3 aliphatic rings. The molecule has 0 N–H and O–H groups in total. The van der Waals surface area contributed by atoms with Crippen LogP contribution in [0.3, 0.4) is 0 Å². The first kappa shape index (κ1) is 26.4. The summed E-state index contributed by atoms with van der Waals surface area (Å²) in [5, 5.41) is 3.55. The Morgan fingerprint density at radius 1 is 0.550 bits per heavy atom. The van der Waals surface area contributed by atoms with Gasteiger partial charge in [-0.15, -0.1) is 0 Å². The molecule has 0 fully saturated rings. The second-order valence-corrected chi connectivity index (χ2v) is 29.1. The van der Waals surface area contributed by atoms with Gasteiger partial charge in [-0.05, 0) is 0 Å². The molecule has 0 aromatic heterocycles. The molecular formula is C38H40SiZr. The predicted molar refractivity (Wildman–Crippen MR) is 173 cm³/mol. The maximum atomic E-state index is 2.79. The van der Waals surface area contributed by atoms with Crippen molar-refractivity contribution < 1.29 is 20.3 Å². The van der Waals surface area contributed by atoms with E-state index in [1.807, 2.05) is 11.1 Å². The van der Waals surface area contributed by atoms with Crippen LogP contribution in [-0.2, 0) is 20.3 Å². The summed E-state index contributed by atoms with van der Waals surface area (Å²) in [6, 6.07) is 37.0. The Morgan fingerprint density at radius 2 is 0.950 bits per heavy atom. The summed E-state index contributed by atoms with van der Waals surface area (Å²) in [5.41, 5.74) is 15.8. The number of benzene rings is 4. The van der Waals surface area contributed by atoms with E-state index >= 15 is 0 Å². The van der Waals surface area contributed by atoms with E-state index in [2.05, 4.69) is 133 Å². The van der Waals surface area contributed by atoms with Gasteiger partial charge in [-0.3, -0.25) is 0 Å². The van der Waals surface area contributed by atoms with Crippen LogP contribution in [0.5, 0.6) is 0 Å². The van der Waals surface area contributed by atoms with Crippen LogP contribution >= 0.6 is 0 Å². The molecule has 7 rings (SSSR count). The Balaban J connectivity index is 1.60. The van der Waals surface area contributed by atoms with Gasteiger partial charge in [0.25, 0.3) is 0 Å². The number of allylic oxidation sites excluding steroid dienone is 2. The van der Waals surface area contributed by atoms with Crippen molar-refractivity contribution in [2.75, 3.05) is 0 Å². The summed E-state index contributed by atoms with van der Waals surface area (Å²) in [7, 11) is -2.12. The number of fused-ring (bicyclic) bond motifs is 8. The van der Waals surface area contributed by atoms with Crippen LogP contribution in [-0.4, -0.2) is 8.07 Å². The summed E-state index contributed by atoms with van der Waals surface area (Å²) in [6.45, 7) is 10.3. The fraction of sp³-hybridized carbons (Fsp3) is 0.263. The standard InChI is InChI=1S/C36H34Si.2CH3.Zr/c1-5-25-23-29-19-13-21-31(27-15-9-7-10-16-27)33(29)35(25)37(3,4)36-26(6-2)24-30-20-14-22-32(34(30)36)28-17-11-8-12-18-28;;;/h7-24H,5-6H2,1-4H3;2*1H3;. The Morgan fingerprint density at radius 3 is 1.32 bits per heavy atom. The van der Waals surface area contributed by atoms with Gasteiger partial charge in [0.15, 0.2) is 0 Å². The van der Waals surface area contributed by atoms with Crippen molar-refractivity contribution in [2.45, 2.75) is 56.3 Å². The molecule has 2 atom stereocenters. The van der Waals surface area contributed by atoms with E-state index in [-0.39, 0.29) is 0 Å². The zero-order valence-corrected chi connectivity index (χ0v) is 28.3. The van der Waals surface area contributed by atoms with Gasteiger partial charge in [0, 0.05) is 0 Å². The molecule has 0 spiro atoms. The van der Waals surface area contributed by atoms with Crippen LogP contribution in [0.1, 0.15) is 56.2 Å². The first-order valence-electron chi connectivity index (χ1n) is 15.2. The van der Waals surface area contributed by atoms with Crippen molar-refractivity contribution in [3.8, 4) is 22.3 Å². The molecule has 4 bridgehead atoms. The summed E-state index contributed by atoms with van der Waals surface area (Å²) in [6.07, 6.45) is 2.34. The fourth-order valence-corrected chi connectivity index (χ4v) is 26.1. The molecule has 0 radical (unpaired) electrons. The fourth-order valence-electron chi connectivity index (χ4n) is 9.06. The van der Waals surface area contributed by atoms with Crippen molar-refractivity contribution in [2.24, 2.45) is 0 Å². The predicted octanol–water partition coefficient (Wildman–Crippen LogP) is 11.2. The molecule has 200 valence electrons. The molecule has 2 heteroatoms. The topological polar surface area (TPSA) is 0 Å². The average molecular weight is 616 g/mol. The van der Waals surface area contributed by atoms with Crippen LogP contribution in [0.15, 0.2) is 108 Å². The second kappa shape index (κ2) is 9.50. The van der Waals surface area contributed by atoms with Crippen molar-refractivity contribution >= 4 is 18.5 Å². The zero-order chi connectivity index (χ0) is 27.8. The molecule has 1 aliphatic heterocycles. The monoisotopic (exact) mass is 614 g/mol. The van der Waals surface area contributed by atoms with Gasteiger partial charge in [0.05, 0.1) is 0 Å². The van der Waals surface area contributed by atoms with Gasteiger partial charge in [0.2, 0.25) is 0 Å². The third-order valence-corrected chi connectivity index (χ3v) is 24.5. The first-order chi connectivity index (χ1) is 19.3. The normalized spacial score (nSPS) is 21.6. The van der Waals surface area contributed by atoms with Crippen molar-refractivity contribution in [1.82, 2.24) is 0 Å². The van der Waals surface area contributed by atoms with Crippen LogP contribution in [0.25, 0.3) is 32.6 Å². The van der Waals surface area contributed by atoms with Crippen molar-refractivity contribution in [3.05, 3.63) is 130 Å². The van der Waals surface area contributed by atoms with Gasteiger partial charge < -0.3 is 0 Å². The van der Waals surface area contributed by atoms with E-state index < -0.39 is 28.3 Å². The van der Waals surface area contributed by atoms with Crippen LogP contribution in [0.2, 0.25) is 22.4 Å². The van der Waals surface area contributed by atoms with E-state index in [0.29, 0.717) is 7.25 Å². The Kier molecular flexibility index (Phi) is 6.26. The van der Waals surface area contributed by atoms with Crippen molar-refractivity contribution in [3.63, 3.8) is 0 Å². The van der Waals surface area contributed by atoms with Gasteiger partial charge in [-0.25, -0.2) is 0 Å². The zero-order valence-electron chi connectivity index (χ0n) is 24.8. The molecule has 4 aromatic carbocycles. The van der Waals surface area contributed by atoms with E-state index in [0.717, 1.165) is 0 Å². The Hall–Kier alpha value is -2.54. The van der Waals surface area contributed by atoms with Crippen LogP contribution < -0.4 is 0 Å². The number of hydrogen-bond acceptors (Lipinski definition) is 0. The summed E-state index contributed by atoms with van der Waals surface area (Å²) in [4.78, 5) is 0.